The van der Waals surface area contributed by atoms with Crippen LogP contribution in [0.5, 0.6) is 0 Å². The SMILES string of the molecule is CCCCCCCCCCC[C@@H](C[C@@H](O)[C@H](O)C(=O)OCC)OCOC. The average molecular weight is 377 g/mol. The molecule has 0 saturated carbocycles. The number of carbonyl (C=O) groups is 1. The lowest BCUT2D eigenvalue weighted by Crippen LogP contribution is -2.38. The lowest BCUT2D eigenvalue weighted by Gasteiger charge is -2.23. The summed E-state index contributed by atoms with van der Waals surface area (Å²) in [5.74, 6) is -0.798. The molecule has 0 spiro atoms. The fourth-order valence-electron chi connectivity index (χ4n) is 2.90. The number of hydrogen-bond acceptors (Lipinski definition) is 6. The zero-order valence-electron chi connectivity index (χ0n) is 17.0. The first-order valence-corrected chi connectivity index (χ1v) is 10.2. The van der Waals surface area contributed by atoms with Crippen LogP contribution < -0.4 is 0 Å². The second-order valence-corrected chi connectivity index (χ2v) is 6.81. The molecule has 0 bridgehead atoms. The summed E-state index contributed by atoms with van der Waals surface area (Å²) in [5.41, 5.74) is 0. The Balaban J connectivity index is 4.02. The lowest BCUT2D eigenvalue weighted by atomic mass is 10.0. The molecule has 0 heterocycles. The molecule has 0 aliphatic heterocycles. The second kappa shape index (κ2) is 17.7. The van der Waals surface area contributed by atoms with Crippen molar-refractivity contribution in [3.8, 4) is 0 Å². The van der Waals surface area contributed by atoms with Gasteiger partial charge >= 0.3 is 5.97 Å². The van der Waals surface area contributed by atoms with Crippen molar-refractivity contribution in [2.45, 2.75) is 103 Å². The van der Waals surface area contributed by atoms with E-state index in [-0.39, 0.29) is 25.9 Å². The van der Waals surface area contributed by atoms with Crippen molar-refractivity contribution >= 4 is 5.97 Å². The van der Waals surface area contributed by atoms with E-state index in [0.29, 0.717) is 0 Å². The van der Waals surface area contributed by atoms with Crippen LogP contribution in [0.1, 0.15) is 84.5 Å². The molecule has 0 rings (SSSR count). The highest BCUT2D eigenvalue weighted by molar-refractivity contribution is 5.75. The van der Waals surface area contributed by atoms with E-state index in [9.17, 15) is 15.0 Å². The Bertz CT molecular complexity index is 323. The summed E-state index contributed by atoms with van der Waals surface area (Å²) in [6.45, 7) is 4.19. The Labute approximate surface area is 159 Å². The van der Waals surface area contributed by atoms with Crippen LogP contribution >= 0.6 is 0 Å². The topological polar surface area (TPSA) is 85.2 Å². The van der Waals surface area contributed by atoms with Crippen LogP contribution in [0.25, 0.3) is 0 Å². The van der Waals surface area contributed by atoms with Gasteiger partial charge in [0.1, 0.15) is 6.79 Å². The summed E-state index contributed by atoms with van der Waals surface area (Å²) in [7, 11) is 1.54. The molecule has 156 valence electrons. The molecule has 0 saturated heterocycles. The minimum Gasteiger partial charge on any atom is -0.464 e. The van der Waals surface area contributed by atoms with Crippen LogP contribution in [0, 0.1) is 0 Å². The molecule has 0 aliphatic rings. The van der Waals surface area contributed by atoms with E-state index in [0.717, 1.165) is 19.3 Å². The summed E-state index contributed by atoms with van der Waals surface area (Å²) in [6.07, 6.45) is 9.12. The van der Waals surface area contributed by atoms with Crippen LogP contribution in [0.4, 0.5) is 0 Å². The molecule has 0 amide bonds. The first kappa shape index (κ1) is 25.3. The zero-order chi connectivity index (χ0) is 19.6. The van der Waals surface area contributed by atoms with E-state index in [2.05, 4.69) is 6.92 Å². The third-order valence-corrected chi connectivity index (χ3v) is 4.45. The van der Waals surface area contributed by atoms with Crippen molar-refractivity contribution in [2.75, 3.05) is 20.5 Å². The Morgan fingerprint density at radius 1 is 0.923 bits per heavy atom. The van der Waals surface area contributed by atoms with Crippen molar-refractivity contribution in [3.63, 3.8) is 0 Å². The van der Waals surface area contributed by atoms with Gasteiger partial charge in [0.05, 0.1) is 18.8 Å². The second-order valence-electron chi connectivity index (χ2n) is 6.81. The van der Waals surface area contributed by atoms with Crippen molar-refractivity contribution in [2.24, 2.45) is 0 Å². The van der Waals surface area contributed by atoms with Crippen molar-refractivity contribution < 1.29 is 29.2 Å². The Kier molecular flexibility index (Phi) is 17.2. The van der Waals surface area contributed by atoms with Gasteiger partial charge in [-0.3, -0.25) is 0 Å². The predicted octanol–water partition coefficient (Wildman–Crippen LogP) is 3.57. The highest BCUT2D eigenvalue weighted by atomic mass is 16.7. The molecular formula is C20H40O6. The molecule has 0 fully saturated rings. The molecule has 0 unspecified atom stereocenters. The van der Waals surface area contributed by atoms with Gasteiger partial charge in [0.25, 0.3) is 0 Å². The molecule has 0 radical (unpaired) electrons. The Morgan fingerprint density at radius 3 is 2.04 bits per heavy atom. The van der Waals surface area contributed by atoms with Crippen LogP contribution in [0.15, 0.2) is 0 Å². The van der Waals surface area contributed by atoms with Gasteiger partial charge in [-0.25, -0.2) is 4.79 Å². The first-order valence-electron chi connectivity index (χ1n) is 10.2. The highest BCUT2D eigenvalue weighted by Gasteiger charge is 2.28. The van der Waals surface area contributed by atoms with Crippen molar-refractivity contribution in [3.05, 3.63) is 0 Å². The van der Waals surface area contributed by atoms with E-state index in [1.807, 2.05) is 0 Å². The maximum Gasteiger partial charge on any atom is 0.337 e. The number of rotatable bonds is 18. The minimum absolute atomic E-state index is 0.129. The molecule has 3 atom stereocenters. The van der Waals surface area contributed by atoms with Gasteiger partial charge in [-0.15, -0.1) is 0 Å². The van der Waals surface area contributed by atoms with E-state index in [4.69, 9.17) is 14.2 Å². The average Bonchev–Trinajstić information content (AvgIpc) is 2.63. The van der Waals surface area contributed by atoms with Gasteiger partial charge in [-0.05, 0) is 13.3 Å². The molecular weight excluding hydrogens is 336 g/mol. The Hall–Kier alpha value is -0.690. The van der Waals surface area contributed by atoms with Crippen LogP contribution in [-0.2, 0) is 19.0 Å². The van der Waals surface area contributed by atoms with E-state index < -0.39 is 18.2 Å². The number of aliphatic hydroxyl groups excluding tert-OH is 2. The predicted molar refractivity (Wildman–Crippen MR) is 102 cm³/mol. The highest BCUT2D eigenvalue weighted by Crippen LogP contribution is 2.17. The molecule has 0 aromatic rings. The molecule has 0 aliphatic carbocycles. The van der Waals surface area contributed by atoms with Gasteiger partial charge in [-0.1, -0.05) is 64.7 Å². The smallest absolute Gasteiger partial charge is 0.337 e. The van der Waals surface area contributed by atoms with Crippen LogP contribution in [0.3, 0.4) is 0 Å². The molecule has 2 N–H and O–H groups in total. The number of carbonyl (C=O) groups excluding carboxylic acids is 1. The standard InChI is InChI=1S/C20H40O6/c1-4-6-7-8-9-10-11-12-13-14-17(26-16-24-3)15-18(21)19(22)20(23)25-5-2/h17-19,21-22H,4-16H2,1-3H3/t17-,18+,19-/m0/s1. The maximum absolute atomic E-state index is 11.5. The van der Waals surface area contributed by atoms with Crippen molar-refractivity contribution in [1.82, 2.24) is 0 Å². The molecule has 26 heavy (non-hydrogen) atoms. The number of aliphatic hydroxyl groups is 2. The number of esters is 1. The summed E-state index contributed by atoms with van der Waals surface area (Å²) in [4.78, 5) is 11.5. The fourth-order valence-corrected chi connectivity index (χ4v) is 2.90. The zero-order valence-corrected chi connectivity index (χ0v) is 17.0. The number of unbranched alkanes of at least 4 members (excludes halogenated alkanes) is 8. The normalized spacial score (nSPS) is 14.8. The Morgan fingerprint density at radius 2 is 1.50 bits per heavy atom. The summed E-state index contributed by atoms with van der Waals surface area (Å²) in [5, 5.41) is 19.9. The van der Waals surface area contributed by atoms with Gasteiger partial charge in [-0.2, -0.15) is 0 Å². The maximum atomic E-state index is 11.5. The van der Waals surface area contributed by atoms with E-state index >= 15 is 0 Å². The molecule has 6 nitrogen and oxygen atoms in total. The van der Waals surface area contributed by atoms with Gasteiger partial charge in [0.2, 0.25) is 0 Å². The number of methoxy groups -OCH3 is 1. The van der Waals surface area contributed by atoms with Crippen LogP contribution in [-0.4, -0.2) is 55.0 Å². The van der Waals surface area contributed by atoms with Crippen LogP contribution in [0.2, 0.25) is 0 Å². The summed E-state index contributed by atoms with van der Waals surface area (Å²) >= 11 is 0. The minimum atomic E-state index is -1.54. The van der Waals surface area contributed by atoms with Gasteiger partial charge in [0, 0.05) is 13.5 Å². The number of hydrogen-bond donors (Lipinski definition) is 2. The lowest BCUT2D eigenvalue weighted by molar-refractivity contribution is -0.161. The third kappa shape index (κ3) is 13.5. The molecule has 0 aromatic carbocycles. The summed E-state index contributed by atoms with van der Waals surface area (Å²) < 4.78 is 15.2. The fraction of sp³-hybridized carbons (Fsp3) is 0.950. The van der Waals surface area contributed by atoms with Crippen molar-refractivity contribution in [1.29, 1.82) is 0 Å². The monoisotopic (exact) mass is 376 g/mol. The van der Waals surface area contributed by atoms with Gasteiger partial charge in [0.15, 0.2) is 6.10 Å². The van der Waals surface area contributed by atoms with E-state index in [1.54, 1.807) is 14.0 Å². The van der Waals surface area contributed by atoms with Gasteiger partial charge < -0.3 is 24.4 Å². The molecule has 0 aromatic heterocycles. The first-order chi connectivity index (χ1) is 12.6. The third-order valence-electron chi connectivity index (χ3n) is 4.45. The summed E-state index contributed by atoms with van der Waals surface area (Å²) in [6, 6.07) is 0. The quantitative estimate of drug-likeness (QED) is 0.216. The van der Waals surface area contributed by atoms with E-state index in [1.165, 1.54) is 44.9 Å². The molecule has 6 heteroatoms. The largest absolute Gasteiger partial charge is 0.464 e. The number of ether oxygens (including phenoxy) is 3.